The van der Waals surface area contributed by atoms with Crippen LogP contribution < -0.4 is 5.43 Å². The van der Waals surface area contributed by atoms with Crippen LogP contribution in [-0.2, 0) is 6.54 Å². The Morgan fingerprint density at radius 1 is 1.12 bits per heavy atom. The number of hydrazone groups is 1. The number of hydrogen-bond donors (Lipinski definition) is 3. The van der Waals surface area contributed by atoms with E-state index in [-0.39, 0.29) is 11.5 Å². The van der Waals surface area contributed by atoms with E-state index in [2.05, 4.69) is 42.4 Å². The summed E-state index contributed by atoms with van der Waals surface area (Å²) in [6.45, 7) is 0.337. The maximum atomic E-state index is 12.4. The van der Waals surface area contributed by atoms with Gasteiger partial charge in [-0.1, -0.05) is 18.2 Å². The van der Waals surface area contributed by atoms with Crippen LogP contribution in [0.25, 0.3) is 10.9 Å². The van der Waals surface area contributed by atoms with Gasteiger partial charge in [-0.15, -0.1) is 0 Å². The number of nitrogens with one attached hydrogen (secondary N) is 1. The van der Waals surface area contributed by atoms with E-state index >= 15 is 0 Å². The number of amides is 1. The fourth-order valence-corrected chi connectivity index (χ4v) is 4.36. The van der Waals surface area contributed by atoms with Gasteiger partial charge in [-0.3, -0.25) is 4.79 Å². The van der Waals surface area contributed by atoms with Crippen molar-refractivity contribution < 1.29 is 24.2 Å². The molecule has 4 rings (SSSR count). The van der Waals surface area contributed by atoms with E-state index in [4.69, 9.17) is 9.52 Å². The lowest BCUT2D eigenvalue weighted by molar-refractivity contribution is 0.0660. The van der Waals surface area contributed by atoms with Gasteiger partial charge in [-0.05, 0) is 62.2 Å². The summed E-state index contributed by atoms with van der Waals surface area (Å²) in [5.41, 5.74) is 4.45. The number of phenols is 1. The number of carbonyl (C=O) groups excluding carboxylic acids is 1. The lowest BCUT2D eigenvalue weighted by atomic mass is 10.2. The fourth-order valence-electron chi connectivity index (χ4n) is 3.18. The number of fused-ring (bicyclic) bond motifs is 1. The second-order valence-corrected chi connectivity index (χ2v) is 8.50. The second kappa shape index (κ2) is 9.01. The molecule has 2 heterocycles. The van der Waals surface area contributed by atoms with E-state index in [0.717, 1.165) is 16.5 Å². The normalized spacial score (nSPS) is 11.3. The van der Waals surface area contributed by atoms with E-state index in [1.165, 1.54) is 24.4 Å². The van der Waals surface area contributed by atoms with Crippen molar-refractivity contribution in [1.82, 2.24) is 9.99 Å². The standard InChI is InChI=1S/C22H15Br2N3O5/c23-16-7-12(8-17(24)20(16)28)21(29)26-25-9-13-10-27(18-4-2-1-3-15(13)18)11-14-5-6-19(32-14)22(30)31/h1-10,28H,11H2,(H,26,29)(H,30,31)/b25-9-. The first-order valence-corrected chi connectivity index (χ1v) is 10.8. The van der Waals surface area contributed by atoms with Gasteiger partial charge in [0, 0.05) is 28.2 Å². The van der Waals surface area contributed by atoms with Crippen LogP contribution in [0.4, 0.5) is 0 Å². The number of carbonyl (C=O) groups is 2. The highest BCUT2D eigenvalue weighted by molar-refractivity contribution is 9.11. The number of halogens is 2. The molecule has 0 spiro atoms. The molecule has 0 unspecified atom stereocenters. The summed E-state index contributed by atoms with van der Waals surface area (Å²) in [4.78, 5) is 23.4. The van der Waals surface area contributed by atoms with E-state index in [9.17, 15) is 14.7 Å². The van der Waals surface area contributed by atoms with Gasteiger partial charge in [-0.25, -0.2) is 10.2 Å². The van der Waals surface area contributed by atoms with Crippen molar-refractivity contribution in [2.24, 2.45) is 5.10 Å². The Labute approximate surface area is 198 Å². The van der Waals surface area contributed by atoms with Crippen LogP contribution in [0.5, 0.6) is 5.75 Å². The molecular weight excluding hydrogens is 546 g/mol. The monoisotopic (exact) mass is 559 g/mol. The second-order valence-electron chi connectivity index (χ2n) is 6.79. The van der Waals surface area contributed by atoms with Crippen LogP contribution in [0.15, 0.2) is 73.2 Å². The quantitative estimate of drug-likeness (QED) is 0.227. The van der Waals surface area contributed by atoms with Crippen LogP contribution in [0.1, 0.15) is 32.2 Å². The summed E-state index contributed by atoms with van der Waals surface area (Å²) in [6.07, 6.45) is 3.38. The molecule has 3 N–H and O–H groups in total. The minimum Gasteiger partial charge on any atom is -0.506 e. The number of carboxylic acid groups (broad SMARTS) is 1. The number of furan rings is 1. The van der Waals surface area contributed by atoms with Crippen LogP contribution >= 0.6 is 31.9 Å². The molecule has 0 saturated heterocycles. The molecule has 0 aliphatic carbocycles. The average Bonchev–Trinajstić information content (AvgIpc) is 3.37. The number of carboxylic acids is 1. The van der Waals surface area contributed by atoms with Gasteiger partial charge >= 0.3 is 5.97 Å². The molecule has 8 nitrogen and oxygen atoms in total. The van der Waals surface area contributed by atoms with E-state index in [1.54, 1.807) is 6.07 Å². The third-order valence-corrected chi connectivity index (χ3v) is 5.88. The molecule has 32 heavy (non-hydrogen) atoms. The van der Waals surface area contributed by atoms with Gasteiger partial charge in [0.25, 0.3) is 5.91 Å². The Bertz CT molecular complexity index is 1350. The Hall–Kier alpha value is -3.37. The van der Waals surface area contributed by atoms with Crippen LogP contribution in [0, 0.1) is 0 Å². The molecule has 2 aromatic heterocycles. The molecule has 0 aliphatic rings. The summed E-state index contributed by atoms with van der Waals surface area (Å²) in [5, 5.41) is 23.8. The van der Waals surface area contributed by atoms with E-state index in [0.29, 0.717) is 26.8 Å². The summed E-state index contributed by atoms with van der Waals surface area (Å²) >= 11 is 6.39. The summed E-state index contributed by atoms with van der Waals surface area (Å²) in [6, 6.07) is 13.7. The molecule has 0 aliphatic heterocycles. The van der Waals surface area contributed by atoms with Crippen molar-refractivity contribution in [3.8, 4) is 5.75 Å². The third kappa shape index (κ3) is 4.46. The zero-order valence-corrected chi connectivity index (χ0v) is 19.4. The molecule has 2 aromatic carbocycles. The molecule has 162 valence electrons. The van der Waals surface area contributed by atoms with Crippen molar-refractivity contribution in [1.29, 1.82) is 0 Å². The molecule has 0 bridgehead atoms. The number of aromatic nitrogens is 1. The molecule has 0 fully saturated rings. The lowest BCUT2D eigenvalue weighted by Gasteiger charge is -2.04. The summed E-state index contributed by atoms with van der Waals surface area (Å²) in [7, 11) is 0. The highest BCUT2D eigenvalue weighted by Crippen LogP contribution is 2.33. The number of nitrogens with zero attached hydrogens (tertiary/aromatic N) is 2. The van der Waals surface area contributed by atoms with E-state index < -0.39 is 11.9 Å². The Kier molecular flexibility index (Phi) is 6.15. The van der Waals surface area contributed by atoms with Crippen molar-refractivity contribution in [3.05, 3.63) is 86.3 Å². The molecular formula is C22H15Br2N3O5. The topological polar surface area (TPSA) is 117 Å². The van der Waals surface area contributed by atoms with Crippen molar-refractivity contribution >= 4 is 60.9 Å². The molecule has 4 aromatic rings. The molecule has 0 saturated carbocycles. The highest BCUT2D eigenvalue weighted by atomic mass is 79.9. The first kappa shape index (κ1) is 21.8. The van der Waals surface area contributed by atoms with Crippen molar-refractivity contribution in [2.45, 2.75) is 6.54 Å². The highest BCUT2D eigenvalue weighted by Gasteiger charge is 2.13. The van der Waals surface area contributed by atoms with Gasteiger partial charge in [-0.2, -0.15) is 5.10 Å². The fraction of sp³-hybridized carbons (Fsp3) is 0.0455. The number of benzene rings is 2. The number of rotatable bonds is 6. The lowest BCUT2D eigenvalue weighted by Crippen LogP contribution is -2.17. The minimum atomic E-state index is -1.12. The Morgan fingerprint density at radius 3 is 2.53 bits per heavy atom. The van der Waals surface area contributed by atoms with Gasteiger partial charge in [0.15, 0.2) is 0 Å². The number of aromatic hydroxyl groups is 1. The smallest absolute Gasteiger partial charge is 0.371 e. The Morgan fingerprint density at radius 2 is 1.84 bits per heavy atom. The average molecular weight is 561 g/mol. The number of aromatic carboxylic acids is 1. The van der Waals surface area contributed by atoms with Gasteiger partial charge < -0.3 is 19.2 Å². The summed E-state index contributed by atoms with van der Waals surface area (Å²) in [5.74, 6) is -1.17. The van der Waals surface area contributed by atoms with Crippen LogP contribution in [0.3, 0.4) is 0 Å². The first-order valence-electron chi connectivity index (χ1n) is 9.25. The minimum absolute atomic E-state index is 0.00453. The number of phenolic OH excluding ortho intramolecular Hbond substituents is 1. The first-order chi connectivity index (χ1) is 15.3. The van der Waals surface area contributed by atoms with Crippen LogP contribution in [-0.4, -0.2) is 32.9 Å². The zero-order chi connectivity index (χ0) is 22.8. The molecule has 1 amide bonds. The number of hydrogen-bond acceptors (Lipinski definition) is 5. The van der Waals surface area contributed by atoms with Crippen molar-refractivity contribution in [2.75, 3.05) is 0 Å². The third-order valence-electron chi connectivity index (χ3n) is 4.67. The maximum Gasteiger partial charge on any atom is 0.371 e. The van der Waals surface area contributed by atoms with E-state index in [1.807, 2.05) is 35.0 Å². The molecule has 10 heteroatoms. The largest absolute Gasteiger partial charge is 0.506 e. The predicted molar refractivity (Wildman–Crippen MR) is 125 cm³/mol. The summed E-state index contributed by atoms with van der Waals surface area (Å²) < 4.78 is 8.04. The number of para-hydroxylation sites is 1. The van der Waals surface area contributed by atoms with Crippen molar-refractivity contribution in [3.63, 3.8) is 0 Å². The van der Waals surface area contributed by atoms with Gasteiger partial charge in [0.1, 0.15) is 11.5 Å². The predicted octanol–water partition coefficient (Wildman–Crippen LogP) is 4.98. The van der Waals surface area contributed by atoms with Gasteiger partial charge in [0.2, 0.25) is 5.76 Å². The SMILES string of the molecule is O=C(N/N=C\c1cn(Cc2ccc(C(=O)O)o2)c2ccccc12)c1cc(Br)c(O)c(Br)c1. The zero-order valence-electron chi connectivity index (χ0n) is 16.3. The Balaban J connectivity index is 1.56. The van der Waals surface area contributed by atoms with Gasteiger partial charge in [0.05, 0.1) is 21.7 Å². The molecule has 0 radical (unpaired) electrons. The molecule has 0 atom stereocenters. The maximum absolute atomic E-state index is 12.4. The van der Waals surface area contributed by atoms with Crippen LogP contribution in [0.2, 0.25) is 0 Å².